The molecule has 27 heavy (non-hydrogen) atoms. The lowest BCUT2D eigenvalue weighted by atomic mass is 10.1. The first-order valence-corrected chi connectivity index (χ1v) is 9.56. The Labute approximate surface area is 160 Å². The molecule has 0 atom stereocenters. The summed E-state index contributed by atoms with van der Waals surface area (Å²) in [7, 11) is 0. The van der Waals surface area contributed by atoms with Crippen LogP contribution < -0.4 is 5.43 Å². The van der Waals surface area contributed by atoms with E-state index in [0.29, 0.717) is 0 Å². The van der Waals surface area contributed by atoms with E-state index in [1.807, 2.05) is 36.5 Å². The lowest BCUT2D eigenvalue weighted by molar-refractivity contribution is 0.0548. The Kier molecular flexibility index (Phi) is 5.65. The number of para-hydroxylation sites is 1. The molecule has 0 aromatic heterocycles. The number of anilines is 1. The summed E-state index contributed by atoms with van der Waals surface area (Å²) in [6.45, 7) is 3.44. The number of morpholine rings is 1. The van der Waals surface area contributed by atoms with Gasteiger partial charge >= 0.3 is 0 Å². The van der Waals surface area contributed by atoms with Gasteiger partial charge in [0, 0.05) is 18.8 Å². The van der Waals surface area contributed by atoms with Crippen LogP contribution in [0, 0.1) is 0 Å². The zero-order valence-corrected chi connectivity index (χ0v) is 15.5. The number of benzene rings is 2. The third-order valence-corrected chi connectivity index (χ3v) is 4.93. The number of hydrogen-bond donors (Lipinski definition) is 1. The normalized spacial score (nSPS) is 19.3. The van der Waals surface area contributed by atoms with Gasteiger partial charge < -0.3 is 9.64 Å². The maximum absolute atomic E-state index is 5.56. The predicted octanol–water partition coefficient (Wildman–Crippen LogP) is 4.55. The summed E-state index contributed by atoms with van der Waals surface area (Å²) in [6, 6.07) is 20.6. The number of ether oxygens (including phenoxy) is 1. The minimum atomic E-state index is 0.787. The summed E-state index contributed by atoms with van der Waals surface area (Å²) >= 11 is 0. The summed E-state index contributed by atoms with van der Waals surface area (Å²) in [6.07, 6.45) is 6.37. The van der Waals surface area contributed by atoms with E-state index in [1.165, 1.54) is 22.4 Å². The van der Waals surface area contributed by atoms with Crippen molar-refractivity contribution in [3.05, 3.63) is 83.1 Å². The van der Waals surface area contributed by atoms with Crippen LogP contribution in [0.25, 0.3) is 6.08 Å². The molecular weight excluding hydrogens is 334 g/mol. The molecule has 0 radical (unpaired) electrons. The first-order valence-electron chi connectivity index (χ1n) is 9.56. The zero-order valence-electron chi connectivity index (χ0n) is 15.5. The minimum absolute atomic E-state index is 0.787. The Hall–Kier alpha value is -2.85. The number of nitrogens with one attached hydrogen (secondary N) is 1. The molecular formula is C23H25N3O. The number of nitrogens with zero attached hydrogens (tertiary/aromatic N) is 2. The van der Waals surface area contributed by atoms with Gasteiger partial charge in [-0.15, -0.1) is 0 Å². The van der Waals surface area contributed by atoms with Gasteiger partial charge in [-0.2, -0.15) is 5.10 Å². The van der Waals surface area contributed by atoms with Gasteiger partial charge in [-0.25, -0.2) is 0 Å². The molecule has 2 aromatic rings. The molecule has 2 aromatic carbocycles. The highest BCUT2D eigenvalue weighted by Crippen LogP contribution is 2.35. The molecule has 0 saturated carbocycles. The average molecular weight is 359 g/mol. The fraction of sp³-hybridized carbons (Fsp3) is 0.261. The SMILES string of the molecule is C(=NNc1ccccc1)C1=C(N2CCOCC2)/C(=C/c2ccccc2)CC1. The van der Waals surface area contributed by atoms with Gasteiger partial charge in [0.15, 0.2) is 0 Å². The van der Waals surface area contributed by atoms with Gasteiger partial charge in [0.25, 0.3) is 0 Å². The van der Waals surface area contributed by atoms with Crippen molar-refractivity contribution in [1.29, 1.82) is 0 Å². The summed E-state index contributed by atoms with van der Waals surface area (Å²) < 4.78 is 5.56. The number of rotatable bonds is 5. The van der Waals surface area contributed by atoms with Crippen molar-refractivity contribution < 1.29 is 4.74 Å². The molecule has 1 N–H and O–H groups in total. The number of allylic oxidation sites excluding steroid dienone is 2. The lowest BCUT2D eigenvalue weighted by Crippen LogP contribution is -2.36. The van der Waals surface area contributed by atoms with Crippen LogP contribution in [0.4, 0.5) is 5.69 Å². The third kappa shape index (κ3) is 4.47. The average Bonchev–Trinajstić information content (AvgIpc) is 3.12. The molecule has 4 heteroatoms. The van der Waals surface area contributed by atoms with Crippen molar-refractivity contribution in [2.24, 2.45) is 5.10 Å². The van der Waals surface area contributed by atoms with Gasteiger partial charge in [0.1, 0.15) is 0 Å². The van der Waals surface area contributed by atoms with Crippen LogP contribution in [0.3, 0.4) is 0 Å². The Morgan fingerprint density at radius 2 is 1.59 bits per heavy atom. The van der Waals surface area contributed by atoms with Crippen LogP contribution in [0.5, 0.6) is 0 Å². The van der Waals surface area contributed by atoms with Gasteiger partial charge in [0.05, 0.1) is 25.1 Å². The van der Waals surface area contributed by atoms with Crippen LogP contribution >= 0.6 is 0 Å². The van der Waals surface area contributed by atoms with Crippen molar-refractivity contribution in [2.75, 3.05) is 31.7 Å². The summed E-state index contributed by atoms with van der Waals surface area (Å²) in [4.78, 5) is 2.45. The summed E-state index contributed by atoms with van der Waals surface area (Å²) in [5, 5.41) is 4.49. The Balaban J connectivity index is 1.60. The van der Waals surface area contributed by atoms with Crippen LogP contribution in [-0.2, 0) is 4.74 Å². The van der Waals surface area contributed by atoms with Crippen molar-refractivity contribution >= 4 is 18.0 Å². The van der Waals surface area contributed by atoms with Gasteiger partial charge in [0.2, 0.25) is 0 Å². The molecule has 2 aliphatic rings. The van der Waals surface area contributed by atoms with E-state index in [9.17, 15) is 0 Å². The molecule has 4 nitrogen and oxygen atoms in total. The second-order valence-electron chi connectivity index (χ2n) is 6.79. The Bertz CT molecular complexity index is 834. The van der Waals surface area contributed by atoms with E-state index >= 15 is 0 Å². The standard InChI is InChI=1S/C23H25N3O/c1-3-7-19(8-4-1)17-20-11-12-21(23(20)26-13-15-27-16-14-26)18-24-25-22-9-5-2-6-10-22/h1-10,17-18,25H,11-16H2/b20-17+,24-18?. The number of hydrazone groups is 1. The highest BCUT2D eigenvalue weighted by Gasteiger charge is 2.25. The molecule has 1 heterocycles. The molecule has 1 fully saturated rings. The first-order chi connectivity index (χ1) is 13.4. The molecule has 0 bridgehead atoms. The maximum atomic E-state index is 5.56. The van der Waals surface area contributed by atoms with Gasteiger partial charge in [-0.1, -0.05) is 48.5 Å². The molecule has 4 rings (SSSR count). The summed E-state index contributed by atoms with van der Waals surface area (Å²) in [5.41, 5.74) is 9.40. The maximum Gasteiger partial charge on any atom is 0.0642 e. The van der Waals surface area contributed by atoms with Gasteiger partial charge in [-0.05, 0) is 47.8 Å². The van der Waals surface area contributed by atoms with Crippen molar-refractivity contribution in [1.82, 2.24) is 4.90 Å². The quantitative estimate of drug-likeness (QED) is 0.629. The van der Waals surface area contributed by atoms with E-state index < -0.39 is 0 Å². The molecule has 1 aliphatic carbocycles. The highest BCUT2D eigenvalue weighted by atomic mass is 16.5. The lowest BCUT2D eigenvalue weighted by Gasteiger charge is -2.31. The third-order valence-electron chi connectivity index (χ3n) is 4.93. The topological polar surface area (TPSA) is 36.9 Å². The number of hydrogen-bond acceptors (Lipinski definition) is 4. The van der Waals surface area contributed by atoms with Crippen molar-refractivity contribution in [3.63, 3.8) is 0 Å². The minimum Gasteiger partial charge on any atom is -0.378 e. The first kappa shape index (κ1) is 17.6. The van der Waals surface area contributed by atoms with Crippen LogP contribution in [0.15, 0.2) is 82.6 Å². The van der Waals surface area contributed by atoms with Crippen LogP contribution in [-0.4, -0.2) is 37.4 Å². The fourth-order valence-electron chi connectivity index (χ4n) is 3.62. The van der Waals surface area contributed by atoms with E-state index in [-0.39, 0.29) is 0 Å². The predicted molar refractivity (Wildman–Crippen MR) is 112 cm³/mol. The summed E-state index contributed by atoms with van der Waals surface area (Å²) in [5.74, 6) is 0. The highest BCUT2D eigenvalue weighted by molar-refractivity contribution is 5.84. The molecule has 1 saturated heterocycles. The molecule has 138 valence electrons. The molecule has 0 amide bonds. The molecule has 0 unspecified atom stereocenters. The van der Waals surface area contributed by atoms with Crippen molar-refractivity contribution in [2.45, 2.75) is 12.8 Å². The van der Waals surface area contributed by atoms with E-state index in [1.54, 1.807) is 0 Å². The monoisotopic (exact) mass is 359 g/mol. The molecule has 1 aliphatic heterocycles. The molecule has 0 spiro atoms. The fourth-order valence-corrected chi connectivity index (χ4v) is 3.62. The van der Waals surface area contributed by atoms with Gasteiger partial charge in [-0.3, -0.25) is 5.43 Å². The Morgan fingerprint density at radius 3 is 2.33 bits per heavy atom. The van der Waals surface area contributed by atoms with E-state index in [4.69, 9.17) is 4.74 Å². The van der Waals surface area contributed by atoms with Crippen LogP contribution in [0.2, 0.25) is 0 Å². The zero-order chi connectivity index (χ0) is 18.3. The van der Waals surface area contributed by atoms with E-state index in [0.717, 1.165) is 44.8 Å². The second-order valence-corrected chi connectivity index (χ2v) is 6.79. The smallest absolute Gasteiger partial charge is 0.0642 e. The van der Waals surface area contributed by atoms with Crippen molar-refractivity contribution in [3.8, 4) is 0 Å². The van der Waals surface area contributed by atoms with Crippen LogP contribution in [0.1, 0.15) is 18.4 Å². The second kappa shape index (κ2) is 8.69. The Morgan fingerprint density at radius 1 is 0.889 bits per heavy atom. The largest absolute Gasteiger partial charge is 0.378 e. The van der Waals surface area contributed by atoms with E-state index in [2.05, 4.69) is 51.8 Å².